The van der Waals surface area contributed by atoms with Crippen LogP contribution in [0.1, 0.15) is 16.1 Å². The minimum atomic E-state index is -1.04. The summed E-state index contributed by atoms with van der Waals surface area (Å²) in [7, 11) is 5.29. The molecule has 6 nitrogen and oxygen atoms in total. The van der Waals surface area contributed by atoms with Crippen LogP contribution in [0, 0.1) is 0 Å². The van der Waals surface area contributed by atoms with Gasteiger partial charge in [0.25, 0.3) is 0 Å². The van der Waals surface area contributed by atoms with Crippen molar-refractivity contribution in [2.75, 3.05) is 21.2 Å². The van der Waals surface area contributed by atoms with Crippen LogP contribution in [0.5, 0.6) is 5.75 Å². The summed E-state index contributed by atoms with van der Waals surface area (Å²) in [5.74, 6) is -0.00309. The van der Waals surface area contributed by atoms with Gasteiger partial charge in [-0.15, -0.1) is 0 Å². The van der Waals surface area contributed by atoms with Crippen molar-refractivity contribution in [3.05, 3.63) is 35.6 Å². The Morgan fingerprint density at radius 1 is 1.40 bits per heavy atom. The van der Waals surface area contributed by atoms with Gasteiger partial charge >= 0.3 is 5.97 Å². The molecule has 1 heterocycles. The number of aromatic nitrogens is 1. The molecule has 0 bridgehead atoms. The second-order valence-electron chi connectivity index (χ2n) is 4.64. The number of hydrogen-bond donors (Lipinski definition) is 1. The molecule has 0 amide bonds. The Kier molecular flexibility index (Phi) is 4.05. The Morgan fingerprint density at radius 3 is 2.75 bits per heavy atom. The summed E-state index contributed by atoms with van der Waals surface area (Å²) >= 11 is 0. The molecule has 2 aromatic rings. The third kappa shape index (κ3) is 2.97. The van der Waals surface area contributed by atoms with E-state index in [1.165, 1.54) is 13.2 Å². The van der Waals surface area contributed by atoms with Gasteiger partial charge in [-0.1, -0.05) is 5.16 Å². The van der Waals surface area contributed by atoms with Crippen LogP contribution in [0.3, 0.4) is 0 Å². The SMILES string of the molecule is COc1ccc(-c2cc(CN(C)C)on2)cc1C(=O)O. The quantitative estimate of drug-likeness (QED) is 0.901. The maximum absolute atomic E-state index is 11.2. The van der Waals surface area contributed by atoms with Crippen LogP contribution in [0.2, 0.25) is 0 Å². The summed E-state index contributed by atoms with van der Waals surface area (Å²) in [6.45, 7) is 0.634. The molecule has 0 atom stereocenters. The molecule has 0 saturated heterocycles. The summed E-state index contributed by atoms with van der Waals surface area (Å²) in [5.41, 5.74) is 1.38. The van der Waals surface area contributed by atoms with E-state index in [1.54, 1.807) is 18.2 Å². The Hall–Kier alpha value is -2.34. The number of carbonyl (C=O) groups is 1. The molecular formula is C14H16N2O4. The molecule has 0 radical (unpaired) electrons. The van der Waals surface area contributed by atoms with Crippen molar-refractivity contribution in [3.63, 3.8) is 0 Å². The summed E-state index contributed by atoms with van der Waals surface area (Å²) in [6, 6.07) is 6.69. The monoisotopic (exact) mass is 276 g/mol. The minimum absolute atomic E-state index is 0.0992. The molecule has 6 heteroatoms. The lowest BCUT2D eigenvalue weighted by atomic mass is 10.1. The van der Waals surface area contributed by atoms with Crippen LogP contribution in [-0.4, -0.2) is 42.3 Å². The summed E-state index contributed by atoms with van der Waals surface area (Å²) < 4.78 is 10.2. The lowest BCUT2D eigenvalue weighted by Gasteiger charge is -2.06. The standard InChI is InChI=1S/C14H16N2O4/c1-16(2)8-10-7-12(15-20-10)9-4-5-13(19-3)11(6-9)14(17)18/h4-7H,8H2,1-3H3,(H,17,18). The van der Waals surface area contributed by atoms with Crippen LogP contribution in [0.15, 0.2) is 28.8 Å². The molecule has 0 aliphatic carbocycles. The highest BCUT2D eigenvalue weighted by Gasteiger charge is 2.14. The first-order valence-corrected chi connectivity index (χ1v) is 6.03. The molecule has 0 aliphatic heterocycles. The molecule has 1 N–H and O–H groups in total. The first kappa shape index (κ1) is 14.1. The second-order valence-corrected chi connectivity index (χ2v) is 4.64. The zero-order valence-corrected chi connectivity index (χ0v) is 11.6. The van der Waals surface area contributed by atoms with Gasteiger partial charge in [0.15, 0.2) is 5.76 Å². The van der Waals surface area contributed by atoms with Crippen molar-refractivity contribution in [1.29, 1.82) is 0 Å². The van der Waals surface area contributed by atoms with Gasteiger partial charge in [-0.05, 0) is 32.3 Å². The number of ether oxygens (including phenoxy) is 1. The number of hydrogen-bond acceptors (Lipinski definition) is 5. The van der Waals surface area contributed by atoms with Crippen LogP contribution >= 0.6 is 0 Å². The first-order chi connectivity index (χ1) is 9.51. The number of aromatic carboxylic acids is 1. The van der Waals surface area contributed by atoms with Gasteiger partial charge < -0.3 is 19.3 Å². The number of carboxylic acid groups (broad SMARTS) is 1. The molecule has 1 aromatic carbocycles. The number of nitrogens with zero attached hydrogens (tertiary/aromatic N) is 2. The second kappa shape index (κ2) is 5.75. The Bertz CT molecular complexity index is 619. The molecule has 0 fully saturated rings. The number of rotatable bonds is 5. The third-order valence-electron chi connectivity index (χ3n) is 2.76. The highest BCUT2D eigenvalue weighted by atomic mass is 16.5. The number of carboxylic acids is 1. The first-order valence-electron chi connectivity index (χ1n) is 6.03. The largest absolute Gasteiger partial charge is 0.496 e. The summed E-state index contributed by atoms with van der Waals surface area (Å²) in [5, 5.41) is 13.1. The molecule has 0 spiro atoms. The van der Waals surface area contributed by atoms with E-state index in [-0.39, 0.29) is 5.56 Å². The maximum Gasteiger partial charge on any atom is 0.339 e. The van der Waals surface area contributed by atoms with E-state index in [0.717, 1.165) is 5.76 Å². The molecule has 20 heavy (non-hydrogen) atoms. The lowest BCUT2D eigenvalue weighted by molar-refractivity contribution is 0.0693. The molecular weight excluding hydrogens is 260 g/mol. The van der Waals surface area contributed by atoms with Gasteiger partial charge in [0, 0.05) is 11.6 Å². The minimum Gasteiger partial charge on any atom is -0.496 e. The Balaban J connectivity index is 2.35. The highest BCUT2D eigenvalue weighted by molar-refractivity contribution is 5.92. The van der Waals surface area contributed by atoms with Gasteiger partial charge in [-0.25, -0.2) is 4.79 Å². The van der Waals surface area contributed by atoms with Gasteiger partial charge in [-0.3, -0.25) is 0 Å². The van der Waals surface area contributed by atoms with Crippen LogP contribution in [-0.2, 0) is 6.54 Å². The van der Waals surface area contributed by atoms with Crippen molar-refractivity contribution in [3.8, 4) is 17.0 Å². The molecule has 0 aliphatic rings. The predicted molar refractivity (Wildman–Crippen MR) is 72.8 cm³/mol. The average molecular weight is 276 g/mol. The van der Waals surface area contributed by atoms with Gasteiger partial charge in [0.05, 0.1) is 13.7 Å². The van der Waals surface area contributed by atoms with Crippen molar-refractivity contribution in [1.82, 2.24) is 10.1 Å². The van der Waals surface area contributed by atoms with Crippen molar-refractivity contribution in [2.24, 2.45) is 0 Å². The fourth-order valence-corrected chi connectivity index (χ4v) is 1.87. The van der Waals surface area contributed by atoms with Crippen LogP contribution in [0.4, 0.5) is 0 Å². The zero-order valence-electron chi connectivity index (χ0n) is 11.6. The van der Waals surface area contributed by atoms with E-state index in [1.807, 2.05) is 19.0 Å². The molecule has 0 unspecified atom stereocenters. The summed E-state index contributed by atoms with van der Waals surface area (Å²) in [4.78, 5) is 13.1. The van der Waals surface area contributed by atoms with E-state index < -0.39 is 5.97 Å². The zero-order chi connectivity index (χ0) is 14.7. The molecule has 1 aromatic heterocycles. The fraction of sp³-hybridized carbons (Fsp3) is 0.286. The van der Waals surface area contributed by atoms with E-state index in [9.17, 15) is 4.79 Å². The Morgan fingerprint density at radius 2 is 2.15 bits per heavy atom. The van der Waals surface area contributed by atoms with Gasteiger partial charge in [0.2, 0.25) is 0 Å². The molecule has 0 saturated carbocycles. The number of benzene rings is 1. The van der Waals surface area contributed by atoms with E-state index in [2.05, 4.69) is 5.16 Å². The number of methoxy groups -OCH3 is 1. The van der Waals surface area contributed by atoms with E-state index in [4.69, 9.17) is 14.4 Å². The molecule has 2 rings (SSSR count). The smallest absolute Gasteiger partial charge is 0.339 e. The van der Waals surface area contributed by atoms with Gasteiger partial charge in [-0.2, -0.15) is 0 Å². The molecule has 106 valence electrons. The Labute approximate surface area is 116 Å². The van der Waals surface area contributed by atoms with E-state index in [0.29, 0.717) is 23.6 Å². The summed E-state index contributed by atoms with van der Waals surface area (Å²) in [6.07, 6.45) is 0. The lowest BCUT2D eigenvalue weighted by Crippen LogP contribution is -2.09. The van der Waals surface area contributed by atoms with Crippen LogP contribution in [0.25, 0.3) is 11.3 Å². The van der Waals surface area contributed by atoms with Gasteiger partial charge in [0.1, 0.15) is 17.0 Å². The van der Waals surface area contributed by atoms with Crippen molar-refractivity contribution >= 4 is 5.97 Å². The third-order valence-corrected chi connectivity index (χ3v) is 2.76. The maximum atomic E-state index is 11.2. The van der Waals surface area contributed by atoms with Crippen LogP contribution < -0.4 is 4.74 Å². The predicted octanol–water partition coefficient (Wildman–Crippen LogP) is 2.11. The normalized spacial score (nSPS) is 10.8. The fourth-order valence-electron chi connectivity index (χ4n) is 1.87. The highest BCUT2D eigenvalue weighted by Crippen LogP contribution is 2.26. The van der Waals surface area contributed by atoms with E-state index >= 15 is 0 Å². The van der Waals surface area contributed by atoms with Crippen molar-refractivity contribution < 1.29 is 19.2 Å². The van der Waals surface area contributed by atoms with Crippen molar-refractivity contribution in [2.45, 2.75) is 6.54 Å². The average Bonchev–Trinajstić information content (AvgIpc) is 2.85. The topological polar surface area (TPSA) is 75.8 Å².